The van der Waals surface area contributed by atoms with Crippen LogP contribution < -0.4 is 10.6 Å². The highest BCUT2D eigenvalue weighted by Gasteiger charge is 2.10. The Bertz CT molecular complexity index is 543. The van der Waals surface area contributed by atoms with Crippen LogP contribution in [0.2, 0.25) is 0 Å². The Kier molecular flexibility index (Phi) is 4.37. The van der Waals surface area contributed by atoms with Crippen LogP contribution in [0.25, 0.3) is 10.7 Å². The average molecular weight is 279 g/mol. The molecule has 0 saturated carbocycles. The molecule has 0 aliphatic heterocycles. The van der Waals surface area contributed by atoms with Gasteiger partial charge in [0.05, 0.1) is 6.10 Å². The van der Waals surface area contributed by atoms with E-state index < -0.39 is 12.1 Å². The molecule has 2 amide bonds. The Morgan fingerprint density at radius 2 is 2.32 bits per heavy atom. The minimum atomic E-state index is -0.593. The Hall–Kier alpha value is -2.06. The molecule has 2 rings (SSSR count). The zero-order valence-corrected chi connectivity index (χ0v) is 11.0. The van der Waals surface area contributed by atoms with Crippen molar-refractivity contribution in [2.45, 2.75) is 13.0 Å². The van der Waals surface area contributed by atoms with Crippen LogP contribution in [-0.2, 0) is 0 Å². The van der Waals surface area contributed by atoms with Gasteiger partial charge in [-0.3, -0.25) is 10.3 Å². The van der Waals surface area contributed by atoms with E-state index in [2.05, 4.69) is 25.8 Å². The van der Waals surface area contributed by atoms with Crippen molar-refractivity contribution in [2.24, 2.45) is 0 Å². The van der Waals surface area contributed by atoms with Crippen LogP contribution in [0.15, 0.2) is 24.4 Å². The Morgan fingerprint density at radius 3 is 3.00 bits per heavy atom. The van der Waals surface area contributed by atoms with Crippen LogP contribution in [0.5, 0.6) is 0 Å². The maximum absolute atomic E-state index is 11.5. The number of nitrogens with one attached hydrogen (secondary N) is 2. The largest absolute Gasteiger partial charge is 0.392 e. The van der Waals surface area contributed by atoms with Crippen molar-refractivity contribution < 1.29 is 9.90 Å². The van der Waals surface area contributed by atoms with E-state index in [1.807, 2.05) is 18.2 Å². The first kappa shape index (κ1) is 13.4. The fraction of sp³-hybridized carbons (Fsp3) is 0.273. The monoisotopic (exact) mass is 279 g/mol. The summed E-state index contributed by atoms with van der Waals surface area (Å²) in [6.45, 7) is 1.77. The number of carbonyl (C=O) groups is 1. The molecule has 0 aliphatic carbocycles. The van der Waals surface area contributed by atoms with Gasteiger partial charge in [0, 0.05) is 12.7 Å². The quantitative estimate of drug-likeness (QED) is 0.778. The summed E-state index contributed by atoms with van der Waals surface area (Å²) in [6, 6.07) is 5.06. The number of hydrogen-bond acceptors (Lipinski definition) is 6. The molecule has 0 aromatic carbocycles. The van der Waals surface area contributed by atoms with Crippen molar-refractivity contribution >= 4 is 22.5 Å². The molecule has 2 aromatic heterocycles. The molecule has 8 heteroatoms. The van der Waals surface area contributed by atoms with Crippen LogP contribution in [0.4, 0.5) is 9.93 Å². The minimum Gasteiger partial charge on any atom is -0.392 e. The Balaban J connectivity index is 1.96. The van der Waals surface area contributed by atoms with Gasteiger partial charge in [0.25, 0.3) is 0 Å². The highest BCUT2D eigenvalue weighted by Crippen LogP contribution is 2.23. The lowest BCUT2D eigenvalue weighted by Crippen LogP contribution is -2.34. The molecule has 0 bridgehead atoms. The lowest BCUT2D eigenvalue weighted by Gasteiger charge is -2.06. The first-order valence-electron chi connectivity index (χ1n) is 5.63. The van der Waals surface area contributed by atoms with Gasteiger partial charge in [-0.15, -0.1) is 10.2 Å². The van der Waals surface area contributed by atoms with Crippen molar-refractivity contribution in [3.05, 3.63) is 24.4 Å². The van der Waals surface area contributed by atoms with E-state index in [1.54, 1.807) is 13.1 Å². The fourth-order valence-electron chi connectivity index (χ4n) is 1.25. The number of aromatic nitrogens is 3. The first-order valence-corrected chi connectivity index (χ1v) is 6.44. The summed E-state index contributed by atoms with van der Waals surface area (Å²) in [5, 5.41) is 22.9. The summed E-state index contributed by atoms with van der Waals surface area (Å²) in [6.07, 6.45) is 1.07. The highest BCUT2D eigenvalue weighted by molar-refractivity contribution is 7.18. The number of hydrogen-bond donors (Lipinski definition) is 3. The van der Waals surface area contributed by atoms with Crippen molar-refractivity contribution in [1.29, 1.82) is 0 Å². The molecule has 0 fully saturated rings. The summed E-state index contributed by atoms with van der Waals surface area (Å²) in [5.41, 5.74) is 0.706. The van der Waals surface area contributed by atoms with Crippen molar-refractivity contribution in [3.8, 4) is 10.7 Å². The molecule has 100 valence electrons. The fourth-order valence-corrected chi connectivity index (χ4v) is 1.96. The Morgan fingerprint density at radius 1 is 1.47 bits per heavy atom. The number of nitrogens with zero attached hydrogens (tertiary/aromatic N) is 3. The van der Waals surface area contributed by atoms with Gasteiger partial charge in [0.2, 0.25) is 5.13 Å². The molecule has 0 unspecified atom stereocenters. The van der Waals surface area contributed by atoms with E-state index in [0.717, 1.165) is 0 Å². The van der Waals surface area contributed by atoms with Gasteiger partial charge in [-0.1, -0.05) is 17.4 Å². The van der Waals surface area contributed by atoms with Gasteiger partial charge in [0.15, 0.2) is 5.01 Å². The van der Waals surface area contributed by atoms with Crippen LogP contribution in [0.1, 0.15) is 6.92 Å². The third kappa shape index (κ3) is 3.97. The first-order chi connectivity index (χ1) is 9.15. The summed E-state index contributed by atoms with van der Waals surface area (Å²) in [7, 11) is 0. The summed E-state index contributed by atoms with van der Waals surface area (Å²) in [4.78, 5) is 15.6. The van der Waals surface area contributed by atoms with Crippen LogP contribution in [0.3, 0.4) is 0 Å². The molecule has 19 heavy (non-hydrogen) atoms. The predicted octanol–water partition coefficient (Wildman–Crippen LogP) is 1.10. The van der Waals surface area contributed by atoms with Gasteiger partial charge in [-0.05, 0) is 19.1 Å². The number of pyridine rings is 1. The van der Waals surface area contributed by atoms with E-state index in [4.69, 9.17) is 5.11 Å². The van der Waals surface area contributed by atoms with E-state index >= 15 is 0 Å². The SMILES string of the molecule is C[C@H](O)CNC(=O)Nc1nnc(-c2ccccn2)s1. The lowest BCUT2D eigenvalue weighted by molar-refractivity contribution is 0.190. The van der Waals surface area contributed by atoms with E-state index in [0.29, 0.717) is 15.8 Å². The van der Waals surface area contributed by atoms with Crippen molar-refractivity contribution in [3.63, 3.8) is 0 Å². The lowest BCUT2D eigenvalue weighted by atomic mass is 10.4. The molecule has 0 saturated heterocycles. The molecular formula is C11H13N5O2S. The third-order valence-electron chi connectivity index (χ3n) is 2.09. The topological polar surface area (TPSA) is 100 Å². The molecule has 3 N–H and O–H groups in total. The van der Waals surface area contributed by atoms with Crippen LogP contribution >= 0.6 is 11.3 Å². The minimum absolute atomic E-state index is 0.178. The van der Waals surface area contributed by atoms with E-state index in [9.17, 15) is 4.79 Å². The van der Waals surface area contributed by atoms with Gasteiger partial charge in [-0.2, -0.15) is 0 Å². The van der Waals surface area contributed by atoms with Gasteiger partial charge < -0.3 is 10.4 Å². The van der Waals surface area contributed by atoms with Crippen LogP contribution in [0, 0.1) is 0 Å². The summed E-state index contributed by atoms with van der Waals surface area (Å²) < 4.78 is 0. The second-order valence-corrected chi connectivity index (χ2v) is 4.79. The zero-order chi connectivity index (χ0) is 13.7. The normalized spacial score (nSPS) is 11.9. The number of aliphatic hydroxyl groups excluding tert-OH is 1. The number of anilines is 1. The Labute approximate surface area is 113 Å². The van der Waals surface area contributed by atoms with Crippen LogP contribution in [-0.4, -0.2) is 39.0 Å². The molecule has 7 nitrogen and oxygen atoms in total. The standard InChI is InChI=1S/C11H13N5O2S/c1-7(17)6-13-10(18)14-11-16-15-9(19-11)8-4-2-3-5-12-8/h2-5,7,17H,6H2,1H3,(H2,13,14,16,18)/t7-/m0/s1. The number of amides is 2. The molecule has 0 spiro atoms. The summed E-state index contributed by atoms with van der Waals surface area (Å²) in [5.74, 6) is 0. The zero-order valence-electron chi connectivity index (χ0n) is 10.2. The molecule has 1 atom stereocenters. The maximum Gasteiger partial charge on any atom is 0.321 e. The number of rotatable bonds is 4. The third-order valence-corrected chi connectivity index (χ3v) is 2.95. The number of urea groups is 1. The van der Waals surface area contributed by atoms with Gasteiger partial charge in [0.1, 0.15) is 5.69 Å². The van der Waals surface area contributed by atoms with Gasteiger partial charge in [-0.25, -0.2) is 4.79 Å². The smallest absolute Gasteiger partial charge is 0.321 e. The van der Waals surface area contributed by atoms with Crippen molar-refractivity contribution in [2.75, 3.05) is 11.9 Å². The maximum atomic E-state index is 11.5. The van der Waals surface area contributed by atoms with Crippen molar-refractivity contribution in [1.82, 2.24) is 20.5 Å². The van der Waals surface area contributed by atoms with E-state index in [-0.39, 0.29) is 6.54 Å². The second-order valence-electron chi connectivity index (χ2n) is 3.81. The predicted molar refractivity (Wildman–Crippen MR) is 71.8 cm³/mol. The second kappa shape index (κ2) is 6.21. The summed E-state index contributed by atoms with van der Waals surface area (Å²) >= 11 is 1.23. The molecule has 0 radical (unpaired) electrons. The van der Waals surface area contributed by atoms with E-state index in [1.165, 1.54) is 11.3 Å². The molecule has 2 aromatic rings. The number of aliphatic hydroxyl groups is 1. The molecular weight excluding hydrogens is 266 g/mol. The molecule has 2 heterocycles. The molecule has 0 aliphatic rings. The number of carbonyl (C=O) groups excluding carboxylic acids is 1. The highest BCUT2D eigenvalue weighted by atomic mass is 32.1. The average Bonchev–Trinajstić information content (AvgIpc) is 2.86. The van der Waals surface area contributed by atoms with Gasteiger partial charge >= 0.3 is 6.03 Å².